The number of rotatable bonds is 5. The molecule has 0 saturated heterocycles. The lowest BCUT2D eigenvalue weighted by Gasteiger charge is -2.08. The largest absolute Gasteiger partial charge is 0.336 e. The maximum absolute atomic E-state index is 12.6. The van der Waals surface area contributed by atoms with Gasteiger partial charge in [-0.25, -0.2) is 4.98 Å². The van der Waals surface area contributed by atoms with E-state index in [2.05, 4.69) is 36.5 Å². The zero-order valence-electron chi connectivity index (χ0n) is 19.8. The summed E-state index contributed by atoms with van der Waals surface area (Å²) in [7, 11) is 0. The third kappa shape index (κ3) is 3.91. The van der Waals surface area contributed by atoms with E-state index < -0.39 is 0 Å². The fourth-order valence-electron chi connectivity index (χ4n) is 4.47. The topological polar surface area (TPSA) is 112 Å². The van der Waals surface area contributed by atoms with Crippen molar-refractivity contribution in [2.24, 2.45) is 0 Å². The monoisotopic (exact) mass is 513 g/mol. The molecule has 0 spiro atoms. The highest BCUT2D eigenvalue weighted by Gasteiger charge is 2.17. The molecule has 9 heteroatoms. The van der Waals surface area contributed by atoms with Crippen LogP contribution in [0.2, 0.25) is 0 Å². The Hall–Kier alpha value is -5.15. The summed E-state index contributed by atoms with van der Waals surface area (Å²) < 4.78 is 0. The molecule has 0 atom stereocenters. The molecule has 0 saturated carbocycles. The van der Waals surface area contributed by atoms with Crippen LogP contribution in [0.15, 0.2) is 96.8 Å². The molecule has 8 nitrogen and oxygen atoms in total. The minimum absolute atomic E-state index is 0.182. The Morgan fingerprint density at radius 3 is 2.66 bits per heavy atom. The number of amides is 1. The maximum atomic E-state index is 12.6. The van der Waals surface area contributed by atoms with E-state index in [1.54, 1.807) is 42.1 Å². The van der Waals surface area contributed by atoms with Crippen molar-refractivity contribution < 1.29 is 4.79 Å². The van der Waals surface area contributed by atoms with Crippen molar-refractivity contribution in [2.75, 3.05) is 5.32 Å². The number of hydrogen-bond donors (Lipinski definition) is 3. The van der Waals surface area contributed by atoms with Crippen LogP contribution < -0.4 is 5.32 Å². The summed E-state index contributed by atoms with van der Waals surface area (Å²) in [6.45, 7) is 0. The van der Waals surface area contributed by atoms with Crippen LogP contribution >= 0.6 is 11.3 Å². The van der Waals surface area contributed by atoms with Gasteiger partial charge >= 0.3 is 0 Å². The summed E-state index contributed by atoms with van der Waals surface area (Å²) in [6, 6.07) is 23.0. The van der Waals surface area contributed by atoms with Crippen LogP contribution in [0.1, 0.15) is 10.4 Å². The van der Waals surface area contributed by atoms with Gasteiger partial charge in [-0.1, -0.05) is 30.3 Å². The van der Waals surface area contributed by atoms with Crippen molar-refractivity contribution >= 4 is 44.9 Å². The van der Waals surface area contributed by atoms with Crippen LogP contribution in [0, 0.1) is 0 Å². The predicted octanol–water partition coefficient (Wildman–Crippen LogP) is 6.54. The number of carbonyl (C=O) groups is 1. The molecule has 2 aromatic carbocycles. The van der Waals surface area contributed by atoms with Crippen LogP contribution in [0.3, 0.4) is 0 Å². The Kier molecular flexibility index (Phi) is 5.26. The van der Waals surface area contributed by atoms with Gasteiger partial charge in [-0.15, -0.1) is 11.3 Å². The van der Waals surface area contributed by atoms with Crippen molar-refractivity contribution in [3.05, 3.63) is 102 Å². The normalized spacial score (nSPS) is 11.3. The fourth-order valence-corrected chi connectivity index (χ4v) is 5.20. The van der Waals surface area contributed by atoms with Gasteiger partial charge < -0.3 is 10.3 Å². The number of anilines is 1. The van der Waals surface area contributed by atoms with E-state index in [1.165, 1.54) is 0 Å². The summed E-state index contributed by atoms with van der Waals surface area (Å²) in [6.07, 6.45) is 5.20. The first-order valence-corrected chi connectivity index (χ1v) is 12.8. The molecule has 182 valence electrons. The Morgan fingerprint density at radius 2 is 1.79 bits per heavy atom. The first-order valence-electron chi connectivity index (χ1n) is 11.9. The zero-order valence-corrected chi connectivity index (χ0v) is 20.7. The SMILES string of the molecule is O=C(Nc1cncc(-c2ccc3[nH]nc(-c4nc5c(-c6cccs6)nccc5[nH]4)c3c2)c1)c1ccccc1. The molecule has 38 heavy (non-hydrogen) atoms. The second-order valence-corrected chi connectivity index (χ2v) is 9.68. The average molecular weight is 514 g/mol. The second kappa shape index (κ2) is 9.06. The molecule has 0 aliphatic heterocycles. The van der Waals surface area contributed by atoms with Crippen molar-refractivity contribution in [3.8, 4) is 33.2 Å². The Labute approximate surface area is 220 Å². The van der Waals surface area contributed by atoms with Gasteiger partial charge in [0.2, 0.25) is 0 Å². The molecule has 0 unspecified atom stereocenters. The van der Waals surface area contributed by atoms with Crippen LogP contribution in [0.25, 0.3) is 55.2 Å². The van der Waals surface area contributed by atoms with Crippen molar-refractivity contribution in [2.45, 2.75) is 0 Å². The molecule has 0 aliphatic carbocycles. The first-order chi connectivity index (χ1) is 18.7. The average Bonchev–Trinajstić information content (AvgIpc) is 3.73. The number of aromatic amines is 2. The number of hydrogen-bond acceptors (Lipinski definition) is 6. The van der Waals surface area contributed by atoms with Gasteiger partial charge in [0.25, 0.3) is 5.91 Å². The number of H-pyrrole nitrogens is 2. The van der Waals surface area contributed by atoms with E-state index in [0.717, 1.165) is 49.3 Å². The highest BCUT2D eigenvalue weighted by Crippen LogP contribution is 2.33. The molecule has 3 N–H and O–H groups in total. The molecular weight excluding hydrogens is 494 g/mol. The molecule has 7 rings (SSSR count). The van der Waals surface area contributed by atoms with Crippen LogP contribution in [-0.4, -0.2) is 36.0 Å². The van der Waals surface area contributed by atoms with Gasteiger partial charge in [0, 0.05) is 28.9 Å². The van der Waals surface area contributed by atoms with Crippen LogP contribution in [0.5, 0.6) is 0 Å². The van der Waals surface area contributed by atoms with Gasteiger partial charge in [-0.05, 0) is 53.4 Å². The van der Waals surface area contributed by atoms with Crippen molar-refractivity contribution in [1.82, 2.24) is 30.1 Å². The molecule has 0 radical (unpaired) electrons. The standard InChI is InChI=1S/C29H19N7OS/c37-29(17-5-2-1-3-6-17)32-20-13-19(15-30-16-20)18-8-9-22-21(14-18)25(36-35-22)28-33-23-10-11-31-27(26(23)34-28)24-7-4-12-38-24/h1-16H,(H,32,37)(H,33,34)(H,35,36). The van der Waals surface area contributed by atoms with Crippen LogP contribution in [-0.2, 0) is 0 Å². The van der Waals surface area contributed by atoms with E-state index >= 15 is 0 Å². The van der Waals surface area contributed by atoms with Gasteiger partial charge in [-0.3, -0.25) is 19.9 Å². The molecule has 0 bridgehead atoms. The Balaban J connectivity index is 1.25. The van der Waals surface area contributed by atoms with Crippen molar-refractivity contribution in [1.29, 1.82) is 0 Å². The second-order valence-electron chi connectivity index (χ2n) is 8.73. The Bertz CT molecular complexity index is 1920. The summed E-state index contributed by atoms with van der Waals surface area (Å²) in [5.74, 6) is 0.481. The van der Waals surface area contributed by atoms with Crippen LogP contribution in [0.4, 0.5) is 5.69 Å². The predicted molar refractivity (Wildman–Crippen MR) is 150 cm³/mol. The lowest BCUT2D eigenvalue weighted by Crippen LogP contribution is -2.11. The third-order valence-electron chi connectivity index (χ3n) is 6.31. The molecule has 5 heterocycles. The molecule has 1 amide bonds. The minimum atomic E-state index is -0.182. The molecule has 0 aliphatic rings. The number of nitrogens with zero attached hydrogens (tertiary/aromatic N) is 4. The minimum Gasteiger partial charge on any atom is -0.336 e. The van der Waals surface area contributed by atoms with E-state index in [0.29, 0.717) is 17.1 Å². The van der Waals surface area contributed by atoms with Crippen molar-refractivity contribution in [3.63, 3.8) is 0 Å². The lowest BCUT2D eigenvalue weighted by atomic mass is 10.0. The number of pyridine rings is 2. The zero-order chi connectivity index (χ0) is 25.5. The summed E-state index contributed by atoms with van der Waals surface area (Å²) in [5, 5.41) is 13.6. The summed E-state index contributed by atoms with van der Waals surface area (Å²) in [4.78, 5) is 30.9. The van der Waals surface area contributed by atoms with E-state index in [-0.39, 0.29) is 5.91 Å². The lowest BCUT2D eigenvalue weighted by molar-refractivity contribution is 0.102. The summed E-state index contributed by atoms with van der Waals surface area (Å²) in [5.41, 5.74) is 7.19. The van der Waals surface area contributed by atoms with Gasteiger partial charge in [0.05, 0.1) is 27.8 Å². The maximum Gasteiger partial charge on any atom is 0.255 e. The number of carbonyl (C=O) groups excluding carboxylic acids is 1. The molecule has 7 aromatic rings. The third-order valence-corrected chi connectivity index (χ3v) is 7.18. The number of nitrogens with one attached hydrogen (secondary N) is 3. The number of benzene rings is 2. The van der Waals surface area contributed by atoms with Gasteiger partial charge in [0.1, 0.15) is 16.9 Å². The first kappa shape index (κ1) is 22.1. The fraction of sp³-hybridized carbons (Fsp3) is 0. The number of thiophene rings is 1. The molecule has 0 fully saturated rings. The highest BCUT2D eigenvalue weighted by atomic mass is 32.1. The smallest absolute Gasteiger partial charge is 0.255 e. The number of aromatic nitrogens is 6. The van der Waals surface area contributed by atoms with E-state index in [1.807, 2.05) is 60.0 Å². The summed E-state index contributed by atoms with van der Waals surface area (Å²) >= 11 is 1.63. The van der Waals surface area contributed by atoms with E-state index in [9.17, 15) is 4.79 Å². The molecular formula is C29H19N7OS. The van der Waals surface area contributed by atoms with Gasteiger partial charge in [0.15, 0.2) is 5.82 Å². The quantitative estimate of drug-likeness (QED) is 0.242. The van der Waals surface area contributed by atoms with Gasteiger partial charge in [-0.2, -0.15) is 5.10 Å². The highest BCUT2D eigenvalue weighted by molar-refractivity contribution is 7.13. The van der Waals surface area contributed by atoms with E-state index in [4.69, 9.17) is 4.98 Å². The Morgan fingerprint density at radius 1 is 0.868 bits per heavy atom. The molecule has 5 aromatic heterocycles. The number of imidazole rings is 1. The number of fused-ring (bicyclic) bond motifs is 2.